The Balaban J connectivity index is 1.72. The van der Waals surface area contributed by atoms with Crippen LogP contribution in [0.4, 0.5) is 11.4 Å². The van der Waals surface area contributed by atoms with E-state index in [9.17, 15) is 18.9 Å². The van der Waals surface area contributed by atoms with Crippen LogP contribution in [0.5, 0.6) is 5.75 Å². The van der Waals surface area contributed by atoms with Crippen molar-refractivity contribution < 1.29 is 18.4 Å². The number of hydrogen-bond acceptors (Lipinski definition) is 5. The number of hydrogen-bond donors (Lipinski definition) is 1. The van der Waals surface area contributed by atoms with Gasteiger partial charge in [-0.3, -0.25) is 10.1 Å². The molecule has 0 aromatic heterocycles. The summed E-state index contributed by atoms with van der Waals surface area (Å²) in [7, 11) is -3.01. The summed E-state index contributed by atoms with van der Waals surface area (Å²) in [6.45, 7) is 4.88. The summed E-state index contributed by atoms with van der Waals surface area (Å²) in [6.07, 6.45) is 5.14. The lowest BCUT2D eigenvalue weighted by Crippen LogP contribution is -2.59. The summed E-state index contributed by atoms with van der Waals surface area (Å²) in [5, 5.41) is 11.1. The molecule has 2 aromatic carbocycles. The van der Waals surface area contributed by atoms with Gasteiger partial charge in [-0.25, -0.2) is 4.21 Å². The number of rotatable bonds is 6. The van der Waals surface area contributed by atoms with E-state index < -0.39 is 25.9 Å². The monoisotopic (exact) mass is 442 g/mol. The van der Waals surface area contributed by atoms with Gasteiger partial charge in [-0.15, -0.1) is 0 Å². The van der Waals surface area contributed by atoms with Crippen LogP contribution in [-0.2, 0) is 15.2 Å². The highest BCUT2D eigenvalue weighted by molar-refractivity contribution is 7.95. The molecule has 2 aliphatic heterocycles. The number of para-hydroxylation sites is 1. The second-order valence-electron chi connectivity index (χ2n) is 8.59. The first kappa shape index (κ1) is 21.4. The first-order chi connectivity index (χ1) is 14.6. The van der Waals surface area contributed by atoms with Crippen molar-refractivity contribution in [1.29, 1.82) is 0 Å². The van der Waals surface area contributed by atoms with E-state index >= 15 is 0 Å². The van der Waals surface area contributed by atoms with Gasteiger partial charge in [-0.2, -0.15) is 0 Å². The Morgan fingerprint density at radius 3 is 2.68 bits per heavy atom. The molecular formula is C23H26N2O5S. The van der Waals surface area contributed by atoms with E-state index in [4.69, 9.17) is 4.74 Å². The average molecular weight is 443 g/mol. The Labute approximate surface area is 182 Å². The second kappa shape index (κ2) is 7.39. The van der Waals surface area contributed by atoms with Crippen LogP contribution in [0, 0.1) is 10.1 Å². The van der Waals surface area contributed by atoms with E-state index in [1.54, 1.807) is 6.07 Å². The van der Waals surface area contributed by atoms with E-state index in [1.165, 1.54) is 12.1 Å². The summed E-state index contributed by atoms with van der Waals surface area (Å²) in [5.74, 6) is 4.06. The van der Waals surface area contributed by atoms with Crippen molar-refractivity contribution in [2.75, 3.05) is 17.2 Å². The molecule has 2 heterocycles. The van der Waals surface area contributed by atoms with Gasteiger partial charge in [0.05, 0.1) is 20.1 Å². The van der Waals surface area contributed by atoms with Crippen LogP contribution < -0.4 is 9.64 Å². The Morgan fingerprint density at radius 1 is 1.23 bits per heavy atom. The number of nitro benzene ring substituents is 1. The molecule has 0 aliphatic carbocycles. The van der Waals surface area contributed by atoms with Crippen molar-refractivity contribution in [2.24, 2.45) is 0 Å². The van der Waals surface area contributed by atoms with Gasteiger partial charge in [-0.1, -0.05) is 18.2 Å². The molecule has 1 N–H and O–H groups in total. The molecule has 164 valence electrons. The Hall–Kier alpha value is -2.84. The standard InChI is InChI=1S/C23H26N2O5S/c1-22(2)19-8-4-5-9-20(19)24(14-6-7-15-31(3,28)29)23(22)13-12-17-16-18(25(26)27)10-11-21(17)30-23/h4-5,8-13,16H,3,6-7,14-15H2,1-2H3,(H,28,29). The lowest BCUT2D eigenvalue weighted by Gasteiger charge is -2.47. The van der Waals surface area contributed by atoms with Crippen LogP contribution in [0.2, 0.25) is 0 Å². The molecule has 7 nitrogen and oxygen atoms in total. The van der Waals surface area contributed by atoms with Crippen LogP contribution >= 0.6 is 0 Å². The van der Waals surface area contributed by atoms with Crippen molar-refractivity contribution in [3.63, 3.8) is 0 Å². The van der Waals surface area contributed by atoms with Crippen LogP contribution in [-0.4, -0.2) is 37.6 Å². The van der Waals surface area contributed by atoms with Crippen LogP contribution in [0.1, 0.15) is 37.8 Å². The van der Waals surface area contributed by atoms with Crippen molar-refractivity contribution in [3.05, 3.63) is 69.8 Å². The summed E-state index contributed by atoms with van der Waals surface area (Å²) in [6, 6.07) is 12.8. The van der Waals surface area contributed by atoms with Gasteiger partial charge in [0.25, 0.3) is 5.69 Å². The van der Waals surface area contributed by atoms with Gasteiger partial charge in [0.1, 0.15) is 5.75 Å². The lowest BCUT2D eigenvalue weighted by molar-refractivity contribution is -0.384. The minimum Gasteiger partial charge on any atom is -0.463 e. The summed E-state index contributed by atoms with van der Waals surface area (Å²) in [5.41, 5.74) is 1.68. The SMILES string of the molecule is C=S(=O)(O)CCCCN1c2ccccc2C(C)(C)C12C=Cc1cc([N+](=O)[O-])ccc1O2. The fraction of sp³-hybridized carbons (Fsp3) is 0.348. The number of non-ortho nitro benzene ring substituents is 1. The zero-order valence-electron chi connectivity index (χ0n) is 17.6. The van der Waals surface area contributed by atoms with Crippen molar-refractivity contribution in [3.8, 4) is 5.75 Å². The van der Waals surface area contributed by atoms with Crippen molar-refractivity contribution in [1.82, 2.24) is 0 Å². The van der Waals surface area contributed by atoms with Crippen LogP contribution in [0.15, 0.2) is 48.5 Å². The molecule has 1 spiro atoms. The van der Waals surface area contributed by atoms with Gasteiger partial charge in [0.2, 0.25) is 5.72 Å². The third-order valence-electron chi connectivity index (χ3n) is 6.22. The minimum atomic E-state index is -3.01. The molecule has 0 radical (unpaired) electrons. The number of fused-ring (bicyclic) bond motifs is 2. The minimum absolute atomic E-state index is 0.0227. The number of nitro groups is 1. The molecule has 2 aromatic rings. The molecule has 8 heteroatoms. The van der Waals surface area contributed by atoms with Crippen LogP contribution in [0.3, 0.4) is 0 Å². The average Bonchev–Trinajstić information content (AvgIpc) is 2.88. The quantitative estimate of drug-likeness (QED) is 0.307. The van der Waals surface area contributed by atoms with E-state index in [2.05, 4.69) is 36.8 Å². The molecular weight excluding hydrogens is 416 g/mol. The Bertz CT molecular complexity index is 1170. The maximum absolute atomic E-state index is 11.5. The van der Waals surface area contributed by atoms with Gasteiger partial charge in [0, 0.05) is 35.7 Å². The largest absolute Gasteiger partial charge is 0.463 e. The molecule has 0 saturated carbocycles. The number of benzene rings is 2. The summed E-state index contributed by atoms with van der Waals surface area (Å²) >= 11 is 0. The topological polar surface area (TPSA) is 92.9 Å². The third kappa shape index (κ3) is 3.59. The molecule has 0 amide bonds. The predicted molar refractivity (Wildman–Crippen MR) is 124 cm³/mol. The molecule has 0 fully saturated rings. The van der Waals surface area contributed by atoms with E-state index in [-0.39, 0.29) is 11.4 Å². The zero-order chi connectivity index (χ0) is 22.4. The third-order valence-corrected chi connectivity index (χ3v) is 7.14. The Kier molecular flexibility index (Phi) is 5.10. The number of unbranched alkanes of at least 4 members (excludes halogenated alkanes) is 1. The first-order valence-corrected chi connectivity index (χ1v) is 12.0. The van der Waals surface area contributed by atoms with Gasteiger partial charge < -0.3 is 14.2 Å². The smallest absolute Gasteiger partial charge is 0.270 e. The highest BCUT2D eigenvalue weighted by atomic mass is 32.2. The maximum atomic E-state index is 11.5. The predicted octanol–water partition coefficient (Wildman–Crippen LogP) is 4.46. The lowest BCUT2D eigenvalue weighted by atomic mass is 9.76. The number of ether oxygens (including phenoxy) is 1. The molecule has 2 unspecified atom stereocenters. The molecule has 2 aliphatic rings. The summed E-state index contributed by atoms with van der Waals surface area (Å²) in [4.78, 5) is 12.9. The van der Waals surface area contributed by atoms with E-state index in [0.29, 0.717) is 30.7 Å². The molecule has 0 saturated heterocycles. The highest BCUT2D eigenvalue weighted by Crippen LogP contribution is 2.55. The van der Waals surface area contributed by atoms with E-state index in [0.717, 1.165) is 11.3 Å². The Morgan fingerprint density at radius 2 is 1.97 bits per heavy atom. The first-order valence-electron chi connectivity index (χ1n) is 10.2. The van der Waals surface area contributed by atoms with Crippen LogP contribution in [0.25, 0.3) is 6.08 Å². The second-order valence-corrected chi connectivity index (χ2v) is 10.5. The summed E-state index contributed by atoms with van der Waals surface area (Å²) < 4.78 is 27.6. The number of anilines is 1. The zero-order valence-corrected chi connectivity index (χ0v) is 18.4. The van der Waals surface area contributed by atoms with Gasteiger partial charge >= 0.3 is 0 Å². The van der Waals surface area contributed by atoms with Crippen molar-refractivity contribution >= 4 is 33.1 Å². The van der Waals surface area contributed by atoms with E-state index in [1.807, 2.05) is 24.3 Å². The van der Waals surface area contributed by atoms with Gasteiger partial charge in [0.15, 0.2) is 0 Å². The van der Waals surface area contributed by atoms with Gasteiger partial charge in [-0.05, 0) is 62.4 Å². The fourth-order valence-electron chi connectivity index (χ4n) is 4.59. The van der Waals surface area contributed by atoms with Crippen molar-refractivity contribution in [2.45, 2.75) is 37.8 Å². The normalized spacial score (nSPS) is 22.5. The molecule has 0 bridgehead atoms. The highest BCUT2D eigenvalue weighted by Gasteiger charge is 2.58. The molecule has 31 heavy (non-hydrogen) atoms. The fourth-order valence-corrected chi connectivity index (χ4v) is 5.24. The number of nitrogens with zero attached hydrogens (tertiary/aromatic N) is 2. The molecule has 4 rings (SSSR count). The maximum Gasteiger partial charge on any atom is 0.270 e. The molecule has 2 atom stereocenters.